The topological polar surface area (TPSA) is 62.7 Å². The van der Waals surface area contributed by atoms with Crippen molar-refractivity contribution in [3.63, 3.8) is 0 Å². The van der Waals surface area contributed by atoms with Gasteiger partial charge in [0.05, 0.1) is 11.3 Å². The first-order valence-corrected chi connectivity index (χ1v) is 7.08. The van der Waals surface area contributed by atoms with Gasteiger partial charge in [-0.1, -0.05) is 0 Å². The van der Waals surface area contributed by atoms with Crippen LogP contribution in [0.2, 0.25) is 0 Å². The highest BCUT2D eigenvalue weighted by molar-refractivity contribution is 5.68. The molecule has 2 bridgehead atoms. The standard InChI is InChI=1S/C17H14FN3/c18-12-3-1-11(2-4-12)15-5-14(13(9-19)16(20)21-15)17-6-10(7-17)8-17/h1-5,10H,6-8H2,(H2,20,21). The van der Waals surface area contributed by atoms with Gasteiger partial charge in [0.2, 0.25) is 0 Å². The molecule has 0 amide bonds. The van der Waals surface area contributed by atoms with Crippen molar-refractivity contribution in [3.8, 4) is 17.3 Å². The van der Waals surface area contributed by atoms with Crippen LogP contribution in [0.3, 0.4) is 0 Å². The van der Waals surface area contributed by atoms with Gasteiger partial charge in [0.1, 0.15) is 17.7 Å². The van der Waals surface area contributed by atoms with Crippen LogP contribution in [-0.4, -0.2) is 4.98 Å². The van der Waals surface area contributed by atoms with E-state index >= 15 is 0 Å². The smallest absolute Gasteiger partial charge is 0.142 e. The molecule has 1 aromatic carbocycles. The number of aromatic nitrogens is 1. The second kappa shape index (κ2) is 4.05. The van der Waals surface area contributed by atoms with Gasteiger partial charge in [-0.2, -0.15) is 5.26 Å². The van der Waals surface area contributed by atoms with Crippen LogP contribution in [0.5, 0.6) is 0 Å². The fourth-order valence-electron chi connectivity index (χ4n) is 3.68. The van der Waals surface area contributed by atoms with Crippen molar-refractivity contribution in [2.75, 3.05) is 5.73 Å². The predicted octanol–water partition coefficient (Wildman–Crippen LogP) is 3.39. The van der Waals surface area contributed by atoms with Gasteiger partial charge in [0.15, 0.2) is 0 Å². The molecular weight excluding hydrogens is 265 g/mol. The summed E-state index contributed by atoms with van der Waals surface area (Å²) in [5.74, 6) is 0.819. The summed E-state index contributed by atoms with van der Waals surface area (Å²) in [6.07, 6.45) is 3.44. The predicted molar refractivity (Wildman–Crippen MR) is 77.8 cm³/mol. The minimum absolute atomic E-state index is 0.140. The highest BCUT2D eigenvalue weighted by Gasteiger charge is 2.58. The molecule has 1 aromatic heterocycles. The molecule has 3 aliphatic rings. The number of nitrogens with two attached hydrogens (primary N) is 1. The van der Waals surface area contributed by atoms with Gasteiger partial charge in [-0.15, -0.1) is 0 Å². The molecule has 4 heteroatoms. The summed E-state index contributed by atoms with van der Waals surface area (Å²) in [5.41, 5.74) is 9.20. The Hall–Kier alpha value is -2.41. The molecular formula is C17H14FN3. The van der Waals surface area contributed by atoms with Gasteiger partial charge in [0.25, 0.3) is 0 Å². The van der Waals surface area contributed by atoms with Crippen molar-refractivity contribution >= 4 is 5.82 Å². The van der Waals surface area contributed by atoms with Crippen LogP contribution in [-0.2, 0) is 5.41 Å². The quantitative estimate of drug-likeness (QED) is 0.916. The van der Waals surface area contributed by atoms with Crippen LogP contribution in [0.1, 0.15) is 30.4 Å². The van der Waals surface area contributed by atoms with Gasteiger partial charge in [-0.05, 0) is 66.5 Å². The lowest BCUT2D eigenvalue weighted by Crippen LogP contribution is -2.55. The second-order valence-electron chi connectivity index (χ2n) is 6.19. The van der Waals surface area contributed by atoms with Crippen molar-refractivity contribution in [1.29, 1.82) is 5.26 Å². The van der Waals surface area contributed by atoms with Gasteiger partial charge in [-0.3, -0.25) is 0 Å². The Morgan fingerprint density at radius 2 is 1.90 bits per heavy atom. The van der Waals surface area contributed by atoms with E-state index in [0.29, 0.717) is 11.3 Å². The number of nitrogen functional groups attached to an aromatic ring is 1. The first kappa shape index (κ1) is 12.3. The minimum Gasteiger partial charge on any atom is -0.383 e. The van der Waals surface area contributed by atoms with Crippen LogP contribution >= 0.6 is 0 Å². The van der Waals surface area contributed by atoms with Gasteiger partial charge in [-0.25, -0.2) is 9.37 Å². The molecule has 3 saturated carbocycles. The number of halogens is 1. The number of pyridine rings is 1. The van der Waals surface area contributed by atoms with Crippen LogP contribution in [0.15, 0.2) is 30.3 Å². The summed E-state index contributed by atoms with van der Waals surface area (Å²) in [6, 6.07) is 10.4. The molecule has 1 heterocycles. The van der Waals surface area contributed by atoms with Gasteiger partial charge >= 0.3 is 0 Å². The Morgan fingerprint density at radius 3 is 2.43 bits per heavy atom. The number of nitrogens with zero attached hydrogens (tertiary/aromatic N) is 2. The van der Waals surface area contributed by atoms with E-state index in [-0.39, 0.29) is 17.1 Å². The average molecular weight is 279 g/mol. The van der Waals surface area contributed by atoms with E-state index in [9.17, 15) is 9.65 Å². The van der Waals surface area contributed by atoms with Crippen molar-refractivity contribution in [3.05, 3.63) is 47.3 Å². The Kier molecular flexibility index (Phi) is 2.38. The van der Waals surface area contributed by atoms with Crippen molar-refractivity contribution in [1.82, 2.24) is 4.98 Å². The highest BCUT2D eigenvalue weighted by Crippen LogP contribution is 2.66. The molecule has 2 aromatic rings. The van der Waals surface area contributed by atoms with Crippen molar-refractivity contribution in [2.45, 2.75) is 24.7 Å². The average Bonchev–Trinajstić information content (AvgIpc) is 2.35. The fraction of sp³-hybridized carbons (Fsp3) is 0.294. The number of rotatable bonds is 2. The minimum atomic E-state index is -0.278. The molecule has 21 heavy (non-hydrogen) atoms. The lowest BCUT2D eigenvalue weighted by atomic mass is 9.42. The normalized spacial score (nSPS) is 25.6. The summed E-state index contributed by atoms with van der Waals surface area (Å²) in [6.45, 7) is 0. The lowest BCUT2D eigenvalue weighted by Gasteiger charge is -2.62. The largest absolute Gasteiger partial charge is 0.383 e. The Labute approximate surface area is 122 Å². The van der Waals surface area contributed by atoms with Gasteiger partial charge in [0, 0.05) is 5.56 Å². The van der Waals surface area contributed by atoms with E-state index in [1.165, 1.54) is 12.1 Å². The summed E-state index contributed by atoms with van der Waals surface area (Å²) in [4.78, 5) is 4.33. The van der Waals surface area contributed by atoms with Crippen LogP contribution < -0.4 is 5.73 Å². The second-order valence-corrected chi connectivity index (χ2v) is 6.19. The first-order chi connectivity index (χ1) is 10.1. The van der Waals surface area contributed by atoms with Gasteiger partial charge < -0.3 is 5.73 Å². The van der Waals surface area contributed by atoms with Crippen molar-refractivity contribution in [2.24, 2.45) is 5.92 Å². The van der Waals surface area contributed by atoms with E-state index in [1.54, 1.807) is 12.1 Å². The summed E-state index contributed by atoms with van der Waals surface area (Å²) in [7, 11) is 0. The number of nitriles is 1. The Morgan fingerprint density at radius 1 is 1.24 bits per heavy atom. The molecule has 0 spiro atoms. The SMILES string of the molecule is N#Cc1c(C23CC(C2)C3)cc(-c2ccc(F)cc2)nc1N. The highest BCUT2D eigenvalue weighted by atomic mass is 19.1. The van der Waals surface area contributed by atoms with Crippen LogP contribution in [0.25, 0.3) is 11.3 Å². The molecule has 0 saturated heterocycles. The maximum Gasteiger partial charge on any atom is 0.142 e. The van der Waals surface area contributed by atoms with E-state index in [2.05, 4.69) is 11.1 Å². The molecule has 0 unspecified atom stereocenters. The van der Waals surface area contributed by atoms with Crippen LogP contribution in [0.4, 0.5) is 10.2 Å². The third-order valence-electron chi connectivity index (χ3n) is 4.91. The molecule has 2 N–H and O–H groups in total. The first-order valence-electron chi connectivity index (χ1n) is 7.08. The Balaban J connectivity index is 1.86. The van der Waals surface area contributed by atoms with E-state index in [4.69, 9.17) is 5.73 Å². The van der Waals surface area contributed by atoms with E-state index in [0.717, 1.165) is 36.3 Å². The molecule has 0 aliphatic heterocycles. The molecule has 3 fully saturated rings. The zero-order valence-electron chi connectivity index (χ0n) is 11.4. The number of anilines is 1. The molecule has 5 rings (SSSR count). The third-order valence-corrected chi connectivity index (χ3v) is 4.91. The maximum absolute atomic E-state index is 13.1. The third kappa shape index (κ3) is 1.67. The van der Waals surface area contributed by atoms with Crippen LogP contribution in [0, 0.1) is 23.1 Å². The summed E-state index contributed by atoms with van der Waals surface area (Å²) < 4.78 is 13.1. The molecule has 104 valence electrons. The Bertz CT molecular complexity index is 757. The lowest BCUT2D eigenvalue weighted by molar-refractivity contribution is -0.0275. The molecule has 3 nitrogen and oxygen atoms in total. The number of benzene rings is 1. The number of hydrogen-bond donors (Lipinski definition) is 1. The van der Waals surface area contributed by atoms with E-state index < -0.39 is 0 Å². The zero-order chi connectivity index (χ0) is 14.6. The molecule has 3 aliphatic carbocycles. The fourth-order valence-corrected chi connectivity index (χ4v) is 3.68. The molecule has 0 atom stereocenters. The maximum atomic E-state index is 13.1. The number of hydrogen-bond acceptors (Lipinski definition) is 3. The molecule has 0 radical (unpaired) electrons. The van der Waals surface area contributed by atoms with E-state index in [1.807, 2.05) is 6.07 Å². The summed E-state index contributed by atoms with van der Waals surface area (Å²) in [5, 5.41) is 9.38. The zero-order valence-corrected chi connectivity index (χ0v) is 11.4. The van der Waals surface area contributed by atoms with Crippen molar-refractivity contribution < 1.29 is 4.39 Å². The summed E-state index contributed by atoms with van der Waals surface area (Å²) >= 11 is 0. The monoisotopic (exact) mass is 279 g/mol.